The van der Waals surface area contributed by atoms with Crippen molar-refractivity contribution in [1.29, 1.82) is 0 Å². The molecule has 256 valence electrons. The van der Waals surface area contributed by atoms with Crippen molar-refractivity contribution in [2.24, 2.45) is 23.7 Å². The van der Waals surface area contributed by atoms with Gasteiger partial charge in [0.2, 0.25) is 0 Å². The Balaban J connectivity index is 0.000000270. The molecule has 0 aromatic heterocycles. The Morgan fingerprint density at radius 1 is 0.574 bits per heavy atom. The second-order valence-corrected chi connectivity index (χ2v) is 20.3. The van der Waals surface area contributed by atoms with Crippen LogP contribution in [-0.4, -0.2) is 3.21 Å². The summed E-state index contributed by atoms with van der Waals surface area (Å²) in [6.45, 7) is 28.0. The first-order valence-corrected chi connectivity index (χ1v) is 19.0. The molecule has 0 radical (unpaired) electrons. The molecule has 0 nitrogen and oxygen atoms in total. The zero-order chi connectivity index (χ0) is 33.1. The van der Waals surface area contributed by atoms with Gasteiger partial charge in [-0.25, -0.2) is 12.2 Å². The van der Waals surface area contributed by atoms with Crippen LogP contribution in [0, 0.1) is 29.7 Å². The molecule has 3 aromatic carbocycles. The van der Waals surface area contributed by atoms with Crippen molar-refractivity contribution < 1.29 is 49.0 Å². The number of benzene rings is 2. The molecule has 0 spiro atoms. The van der Waals surface area contributed by atoms with Crippen LogP contribution in [0.25, 0.3) is 21.5 Å². The standard InChI is InChI=1S/C29H41.C10H14.C5H5.2ClH.Zr/c1-26(2,3)22-14-18-13-19-15-23(27(4,5)6)25(29(10,11)12)17-21(19)20(18)16-24(22)28(7,8)9;1-7-2-9-4-8(1)5-10(3-7)6-9;1-2-4-5-3-1;;;/h13-17H,1-12H3;7-10H,1-5H2;1-3H,4H2;2*1H;/q-1;;-1;;;+2/p-2. The van der Waals surface area contributed by atoms with Crippen LogP contribution in [0.15, 0.2) is 48.6 Å². The van der Waals surface area contributed by atoms with E-state index in [1.54, 1.807) is 56.3 Å². The Bertz CT molecular complexity index is 1490. The molecule has 0 N–H and O–H groups in total. The van der Waals surface area contributed by atoms with E-state index in [1.165, 1.54) is 43.8 Å². The summed E-state index contributed by atoms with van der Waals surface area (Å²) < 4.78 is 1.96. The van der Waals surface area contributed by atoms with Crippen molar-refractivity contribution >= 4 is 24.8 Å². The summed E-state index contributed by atoms with van der Waals surface area (Å²) in [7, 11) is 0. The van der Waals surface area contributed by atoms with Crippen molar-refractivity contribution in [3.63, 3.8) is 0 Å². The van der Waals surface area contributed by atoms with Crippen LogP contribution in [0.4, 0.5) is 0 Å². The Hall–Kier alpha value is -0.877. The van der Waals surface area contributed by atoms with Gasteiger partial charge in [-0.15, -0.1) is 46.2 Å². The van der Waals surface area contributed by atoms with E-state index in [1.807, 2.05) is 15.4 Å². The fourth-order valence-corrected chi connectivity index (χ4v) is 9.78. The number of hydrogen-bond acceptors (Lipinski definition) is 0. The molecule has 0 saturated heterocycles. The zero-order valence-electron chi connectivity index (χ0n) is 31.4. The van der Waals surface area contributed by atoms with Gasteiger partial charge >= 0.3 is 83.2 Å². The predicted octanol–water partition coefficient (Wildman–Crippen LogP) is 6.38. The molecule has 4 fully saturated rings. The average molecular weight is 751 g/mol. The van der Waals surface area contributed by atoms with Crippen LogP contribution >= 0.6 is 0 Å². The average Bonchev–Trinajstić information content (AvgIpc) is 3.59. The Morgan fingerprint density at radius 3 is 1.21 bits per heavy atom. The van der Waals surface area contributed by atoms with Gasteiger partial charge in [0.25, 0.3) is 0 Å². The molecule has 4 bridgehead atoms. The summed E-state index contributed by atoms with van der Waals surface area (Å²) in [5, 5.41) is 5.57. The molecule has 5 aliphatic rings. The maximum atomic E-state index is 2.99. The number of rotatable bonds is 0. The van der Waals surface area contributed by atoms with Gasteiger partial charge in [0.15, 0.2) is 0 Å². The van der Waals surface area contributed by atoms with Gasteiger partial charge in [0, 0.05) is 0 Å². The molecule has 0 amide bonds. The fourth-order valence-electron chi connectivity index (χ4n) is 8.62. The van der Waals surface area contributed by atoms with Crippen LogP contribution in [0.5, 0.6) is 0 Å². The second kappa shape index (κ2) is 14.8. The van der Waals surface area contributed by atoms with Crippen molar-refractivity contribution in [3.05, 3.63) is 76.9 Å². The van der Waals surface area contributed by atoms with E-state index in [4.69, 9.17) is 0 Å². The zero-order valence-corrected chi connectivity index (χ0v) is 35.4. The molecule has 3 aromatic rings. The molecular formula is C44H60Cl2Zr-2. The van der Waals surface area contributed by atoms with E-state index < -0.39 is 0 Å². The van der Waals surface area contributed by atoms with E-state index in [0.717, 1.165) is 30.1 Å². The molecule has 0 unspecified atom stereocenters. The van der Waals surface area contributed by atoms with Crippen molar-refractivity contribution in [1.82, 2.24) is 0 Å². The summed E-state index contributed by atoms with van der Waals surface area (Å²) in [4.78, 5) is 0. The maximum absolute atomic E-state index is 2.99. The van der Waals surface area contributed by atoms with Gasteiger partial charge in [-0.2, -0.15) is 6.08 Å². The van der Waals surface area contributed by atoms with Crippen LogP contribution in [0.3, 0.4) is 0 Å². The van der Waals surface area contributed by atoms with E-state index in [9.17, 15) is 0 Å². The molecule has 47 heavy (non-hydrogen) atoms. The van der Waals surface area contributed by atoms with Crippen LogP contribution < -0.4 is 24.8 Å². The van der Waals surface area contributed by atoms with E-state index in [2.05, 4.69) is 126 Å². The van der Waals surface area contributed by atoms with E-state index in [-0.39, 0.29) is 46.5 Å². The SMILES string of the molecule is CC(C)(C)c1cc2[cH-]c3cc(C(C)(C)C)c(C(C)(C)C)cc3c2cc1C(C)(C)C.[C-]1=CC=CC1.[Cl-].[Cl-].[Zr+2]=[C]1C2CC3CC(C2)CC1C3. The van der Waals surface area contributed by atoms with E-state index >= 15 is 0 Å². The first kappa shape index (κ1) is 40.6. The number of hydrogen-bond donors (Lipinski definition) is 0. The van der Waals surface area contributed by atoms with Gasteiger partial charge in [-0.3, -0.25) is 6.08 Å². The third-order valence-electron chi connectivity index (χ3n) is 10.8. The summed E-state index contributed by atoms with van der Waals surface area (Å²) in [5.74, 6) is 4.51. The summed E-state index contributed by atoms with van der Waals surface area (Å²) in [6, 6.07) is 12.3. The van der Waals surface area contributed by atoms with Crippen molar-refractivity contribution in [3.8, 4) is 0 Å². The molecule has 4 saturated carbocycles. The first-order valence-electron chi connectivity index (χ1n) is 17.8. The molecule has 8 rings (SSSR count). The molecule has 3 heteroatoms. The minimum absolute atomic E-state index is 0. The normalized spacial score (nSPS) is 23.2. The Kier molecular flexibility index (Phi) is 12.7. The first-order chi connectivity index (χ1) is 20.7. The van der Waals surface area contributed by atoms with Crippen molar-refractivity contribution in [2.75, 3.05) is 0 Å². The predicted molar refractivity (Wildman–Crippen MR) is 195 cm³/mol. The Morgan fingerprint density at radius 2 is 0.936 bits per heavy atom. The minimum atomic E-state index is 0. The van der Waals surface area contributed by atoms with Crippen LogP contribution in [-0.2, 0) is 45.9 Å². The molecular weight excluding hydrogens is 691 g/mol. The molecule has 0 aliphatic heterocycles. The monoisotopic (exact) mass is 748 g/mol. The Labute approximate surface area is 315 Å². The second-order valence-electron chi connectivity index (χ2n) is 18.9. The van der Waals surface area contributed by atoms with Crippen LogP contribution in [0.1, 0.15) is 144 Å². The molecule has 5 aliphatic carbocycles. The number of fused-ring (bicyclic) bond motifs is 3. The van der Waals surface area contributed by atoms with Gasteiger partial charge in [0.05, 0.1) is 0 Å². The van der Waals surface area contributed by atoms with Crippen LogP contribution in [0.2, 0.25) is 0 Å². The quantitative estimate of drug-likeness (QED) is 0.235. The summed E-state index contributed by atoms with van der Waals surface area (Å²) in [5.41, 5.74) is 6.40. The van der Waals surface area contributed by atoms with Crippen molar-refractivity contribution in [2.45, 2.75) is 143 Å². The van der Waals surface area contributed by atoms with Gasteiger partial charge in [-0.05, 0) is 21.7 Å². The topological polar surface area (TPSA) is 0 Å². The summed E-state index contributed by atoms with van der Waals surface area (Å²) in [6.07, 6.45) is 17.9. The third kappa shape index (κ3) is 9.08. The molecule has 0 atom stereocenters. The molecule has 0 heterocycles. The fraction of sp³-hybridized carbons (Fsp3) is 0.591. The third-order valence-corrected chi connectivity index (χ3v) is 12.8. The van der Waals surface area contributed by atoms with E-state index in [0.29, 0.717) is 0 Å². The number of halogens is 2. The van der Waals surface area contributed by atoms with Gasteiger partial charge in [-0.1, -0.05) is 117 Å². The van der Waals surface area contributed by atoms with Gasteiger partial charge < -0.3 is 24.8 Å². The summed E-state index contributed by atoms with van der Waals surface area (Å²) >= 11 is 1.76. The number of allylic oxidation sites excluding steroid dienone is 4. The van der Waals surface area contributed by atoms with Gasteiger partial charge in [0.1, 0.15) is 0 Å².